The molecule has 1 heterocycles. The minimum absolute atomic E-state index is 0. The molecule has 0 aromatic heterocycles. The third-order valence-corrected chi connectivity index (χ3v) is 2.78. The van der Waals surface area contributed by atoms with Crippen molar-refractivity contribution in [2.24, 2.45) is 11.7 Å². The van der Waals surface area contributed by atoms with Crippen molar-refractivity contribution >= 4 is 12.4 Å². The van der Waals surface area contributed by atoms with Crippen molar-refractivity contribution in [1.82, 2.24) is 0 Å². The van der Waals surface area contributed by atoms with Crippen LogP contribution in [0, 0.1) is 5.92 Å². The SMILES string of the molecule is CC1(C)CC(CCN)C(C)(C)O1.Cl. The van der Waals surface area contributed by atoms with E-state index in [1.165, 1.54) is 0 Å². The van der Waals surface area contributed by atoms with Gasteiger partial charge in [-0.15, -0.1) is 12.4 Å². The molecule has 3 heteroatoms. The van der Waals surface area contributed by atoms with Crippen molar-refractivity contribution in [3.05, 3.63) is 0 Å². The molecule has 1 aliphatic heterocycles. The molecule has 0 aromatic carbocycles. The summed E-state index contributed by atoms with van der Waals surface area (Å²) in [6.45, 7) is 9.42. The Morgan fingerprint density at radius 2 is 1.85 bits per heavy atom. The van der Waals surface area contributed by atoms with E-state index >= 15 is 0 Å². The molecule has 0 spiro atoms. The van der Waals surface area contributed by atoms with Crippen LogP contribution >= 0.6 is 12.4 Å². The molecule has 0 aliphatic carbocycles. The topological polar surface area (TPSA) is 35.2 Å². The van der Waals surface area contributed by atoms with E-state index in [2.05, 4.69) is 27.7 Å². The molecular weight excluding hydrogens is 186 g/mol. The molecule has 0 bridgehead atoms. The second-order valence-electron chi connectivity index (χ2n) is 4.94. The smallest absolute Gasteiger partial charge is 0.0663 e. The fourth-order valence-corrected chi connectivity index (χ4v) is 2.33. The summed E-state index contributed by atoms with van der Waals surface area (Å²) in [4.78, 5) is 0. The summed E-state index contributed by atoms with van der Waals surface area (Å²) in [5.74, 6) is 0.623. The van der Waals surface area contributed by atoms with Crippen molar-refractivity contribution in [1.29, 1.82) is 0 Å². The maximum absolute atomic E-state index is 5.95. The van der Waals surface area contributed by atoms with Crippen LogP contribution < -0.4 is 5.73 Å². The largest absolute Gasteiger partial charge is 0.369 e. The first-order valence-corrected chi connectivity index (χ1v) is 4.78. The van der Waals surface area contributed by atoms with Gasteiger partial charge in [-0.3, -0.25) is 0 Å². The average molecular weight is 208 g/mol. The van der Waals surface area contributed by atoms with Crippen LogP contribution in [-0.2, 0) is 4.74 Å². The van der Waals surface area contributed by atoms with E-state index in [1.807, 2.05) is 0 Å². The van der Waals surface area contributed by atoms with E-state index in [4.69, 9.17) is 10.5 Å². The van der Waals surface area contributed by atoms with Crippen molar-refractivity contribution in [3.63, 3.8) is 0 Å². The van der Waals surface area contributed by atoms with Crippen LogP contribution in [0.25, 0.3) is 0 Å². The molecule has 13 heavy (non-hydrogen) atoms. The fraction of sp³-hybridized carbons (Fsp3) is 1.00. The molecule has 2 N–H and O–H groups in total. The van der Waals surface area contributed by atoms with Crippen molar-refractivity contribution in [2.75, 3.05) is 6.54 Å². The van der Waals surface area contributed by atoms with Gasteiger partial charge in [-0.2, -0.15) is 0 Å². The lowest BCUT2D eigenvalue weighted by Crippen LogP contribution is -2.30. The Bertz CT molecular complexity index is 168. The average Bonchev–Trinajstić information content (AvgIpc) is 2.01. The van der Waals surface area contributed by atoms with Crippen LogP contribution in [0.4, 0.5) is 0 Å². The van der Waals surface area contributed by atoms with Crippen molar-refractivity contribution in [2.45, 2.75) is 51.7 Å². The third-order valence-electron chi connectivity index (χ3n) is 2.78. The monoisotopic (exact) mass is 207 g/mol. The van der Waals surface area contributed by atoms with Gasteiger partial charge >= 0.3 is 0 Å². The summed E-state index contributed by atoms with van der Waals surface area (Å²) < 4.78 is 5.95. The minimum Gasteiger partial charge on any atom is -0.369 e. The molecule has 1 atom stereocenters. The summed E-state index contributed by atoms with van der Waals surface area (Å²) in [6, 6.07) is 0. The zero-order chi connectivity index (χ0) is 9.41. The number of hydrogen-bond acceptors (Lipinski definition) is 2. The van der Waals surface area contributed by atoms with Gasteiger partial charge < -0.3 is 10.5 Å². The van der Waals surface area contributed by atoms with Gasteiger partial charge in [-0.1, -0.05) is 0 Å². The van der Waals surface area contributed by atoms with E-state index in [0.717, 1.165) is 19.4 Å². The normalized spacial score (nSPS) is 29.8. The molecule has 1 rings (SSSR count). The van der Waals surface area contributed by atoms with Gasteiger partial charge in [-0.05, 0) is 53.0 Å². The van der Waals surface area contributed by atoms with Crippen LogP contribution in [-0.4, -0.2) is 17.7 Å². The summed E-state index contributed by atoms with van der Waals surface area (Å²) in [5, 5.41) is 0. The van der Waals surface area contributed by atoms with Crippen molar-refractivity contribution < 1.29 is 4.74 Å². The summed E-state index contributed by atoms with van der Waals surface area (Å²) in [7, 11) is 0. The Balaban J connectivity index is 0.00000144. The predicted molar refractivity (Wildman–Crippen MR) is 58.3 cm³/mol. The van der Waals surface area contributed by atoms with Gasteiger partial charge in [0.05, 0.1) is 11.2 Å². The highest BCUT2D eigenvalue weighted by atomic mass is 35.5. The van der Waals surface area contributed by atoms with Gasteiger partial charge in [0, 0.05) is 0 Å². The maximum atomic E-state index is 5.95. The van der Waals surface area contributed by atoms with Gasteiger partial charge in [0.2, 0.25) is 0 Å². The standard InChI is InChI=1S/C10H21NO.ClH/c1-9(2)7-8(5-6-11)10(3,4)12-9;/h8H,5-7,11H2,1-4H3;1H. The first-order valence-electron chi connectivity index (χ1n) is 4.78. The lowest BCUT2D eigenvalue weighted by atomic mass is 9.85. The second-order valence-corrected chi connectivity index (χ2v) is 4.94. The van der Waals surface area contributed by atoms with Crippen LogP contribution in [0.1, 0.15) is 40.5 Å². The molecule has 0 saturated carbocycles. The zero-order valence-electron chi connectivity index (χ0n) is 9.09. The fourth-order valence-electron chi connectivity index (χ4n) is 2.33. The molecule has 1 unspecified atom stereocenters. The number of hydrogen-bond donors (Lipinski definition) is 1. The third kappa shape index (κ3) is 3.12. The quantitative estimate of drug-likeness (QED) is 0.755. The Kier molecular flexibility index (Phi) is 4.23. The molecule has 1 saturated heterocycles. The van der Waals surface area contributed by atoms with E-state index < -0.39 is 0 Å². The summed E-state index contributed by atoms with van der Waals surface area (Å²) >= 11 is 0. The second kappa shape index (κ2) is 4.16. The molecular formula is C10H22ClNO. The lowest BCUT2D eigenvalue weighted by molar-refractivity contribution is -0.0749. The van der Waals surface area contributed by atoms with E-state index in [-0.39, 0.29) is 23.6 Å². The predicted octanol–water partition coefficient (Wildman–Crippen LogP) is 2.35. The number of nitrogens with two attached hydrogens (primary N) is 1. The first kappa shape index (κ1) is 13.2. The molecule has 0 aromatic rings. The highest BCUT2D eigenvalue weighted by Crippen LogP contribution is 2.43. The number of halogens is 1. The zero-order valence-corrected chi connectivity index (χ0v) is 9.91. The lowest BCUT2D eigenvalue weighted by Gasteiger charge is -2.27. The molecule has 0 radical (unpaired) electrons. The highest BCUT2D eigenvalue weighted by molar-refractivity contribution is 5.85. The van der Waals surface area contributed by atoms with Gasteiger partial charge in [0.1, 0.15) is 0 Å². The Morgan fingerprint density at radius 1 is 1.31 bits per heavy atom. The van der Waals surface area contributed by atoms with Gasteiger partial charge in [0.15, 0.2) is 0 Å². The number of ether oxygens (including phenoxy) is 1. The van der Waals surface area contributed by atoms with E-state index in [1.54, 1.807) is 0 Å². The molecule has 0 amide bonds. The highest BCUT2D eigenvalue weighted by Gasteiger charge is 2.44. The van der Waals surface area contributed by atoms with Crippen molar-refractivity contribution in [3.8, 4) is 0 Å². The van der Waals surface area contributed by atoms with Gasteiger partial charge in [-0.25, -0.2) is 0 Å². The molecule has 2 nitrogen and oxygen atoms in total. The molecule has 1 fully saturated rings. The molecule has 1 aliphatic rings. The number of rotatable bonds is 2. The Labute approximate surface area is 87.6 Å². The van der Waals surface area contributed by atoms with E-state index in [9.17, 15) is 0 Å². The summed E-state index contributed by atoms with van der Waals surface area (Å²) in [6.07, 6.45) is 2.22. The summed E-state index contributed by atoms with van der Waals surface area (Å²) in [5.41, 5.74) is 5.62. The first-order chi connectivity index (χ1) is 5.37. The maximum Gasteiger partial charge on any atom is 0.0663 e. The van der Waals surface area contributed by atoms with Crippen LogP contribution in [0.15, 0.2) is 0 Å². The molecule has 80 valence electrons. The van der Waals surface area contributed by atoms with Crippen LogP contribution in [0.2, 0.25) is 0 Å². The van der Waals surface area contributed by atoms with Crippen LogP contribution in [0.3, 0.4) is 0 Å². The van der Waals surface area contributed by atoms with E-state index in [0.29, 0.717) is 5.92 Å². The Morgan fingerprint density at radius 3 is 2.15 bits per heavy atom. The minimum atomic E-state index is 0. The Hall–Kier alpha value is 0.210. The van der Waals surface area contributed by atoms with Gasteiger partial charge in [0.25, 0.3) is 0 Å². The van der Waals surface area contributed by atoms with Crippen LogP contribution in [0.5, 0.6) is 0 Å².